The van der Waals surface area contributed by atoms with Crippen molar-refractivity contribution in [3.05, 3.63) is 15.9 Å². The molecule has 120 valence electrons. The molecule has 2 atom stereocenters. The number of methoxy groups -OCH3 is 1. The molecule has 1 fully saturated rings. The zero-order valence-electron chi connectivity index (χ0n) is 13.2. The molecule has 0 saturated heterocycles. The minimum atomic E-state index is 0.101. The fraction of sp³-hybridized carbons (Fsp3) is 0.800. The van der Waals surface area contributed by atoms with E-state index in [1.165, 1.54) is 32.1 Å². The molecular formula is C15H27BrN4O. The van der Waals surface area contributed by atoms with Gasteiger partial charge in [0, 0.05) is 20.6 Å². The molecule has 0 spiro atoms. The minimum absolute atomic E-state index is 0.101. The Morgan fingerprint density at radius 2 is 2.10 bits per heavy atom. The van der Waals surface area contributed by atoms with Gasteiger partial charge in [0.2, 0.25) is 0 Å². The molecule has 1 aromatic heterocycles. The number of halogens is 1. The monoisotopic (exact) mass is 358 g/mol. The average molecular weight is 359 g/mol. The quantitative estimate of drug-likeness (QED) is 0.605. The van der Waals surface area contributed by atoms with Crippen molar-refractivity contribution in [2.24, 2.45) is 18.8 Å². The highest BCUT2D eigenvalue weighted by Gasteiger charge is 2.31. The van der Waals surface area contributed by atoms with Crippen molar-refractivity contribution >= 4 is 15.9 Å². The third-order valence-electron chi connectivity index (χ3n) is 4.67. The van der Waals surface area contributed by atoms with Gasteiger partial charge in [-0.3, -0.25) is 16.0 Å². The summed E-state index contributed by atoms with van der Waals surface area (Å²) >= 11 is 3.63. The van der Waals surface area contributed by atoms with Gasteiger partial charge >= 0.3 is 0 Å². The summed E-state index contributed by atoms with van der Waals surface area (Å²) in [5.74, 6) is 6.43. The van der Waals surface area contributed by atoms with Gasteiger partial charge in [-0.25, -0.2) is 0 Å². The molecule has 0 aliphatic heterocycles. The van der Waals surface area contributed by atoms with Crippen LogP contribution >= 0.6 is 15.9 Å². The molecule has 0 amide bonds. The Morgan fingerprint density at radius 1 is 1.43 bits per heavy atom. The van der Waals surface area contributed by atoms with Gasteiger partial charge in [0.05, 0.1) is 28.0 Å². The van der Waals surface area contributed by atoms with Crippen LogP contribution in [0.15, 0.2) is 4.47 Å². The van der Waals surface area contributed by atoms with Gasteiger partial charge in [0.25, 0.3) is 0 Å². The Labute approximate surface area is 135 Å². The lowest BCUT2D eigenvalue weighted by molar-refractivity contribution is 0.00782. The third-order valence-corrected chi connectivity index (χ3v) is 5.70. The zero-order valence-corrected chi connectivity index (χ0v) is 14.8. The summed E-state index contributed by atoms with van der Waals surface area (Å²) < 4.78 is 8.81. The Hall–Kier alpha value is -0.430. The maximum absolute atomic E-state index is 5.84. The summed E-state index contributed by atoms with van der Waals surface area (Å²) in [5, 5.41) is 4.46. The first-order chi connectivity index (χ1) is 10.1. The number of nitrogens with zero attached hydrogens (tertiary/aromatic N) is 2. The first-order valence-electron chi connectivity index (χ1n) is 7.75. The third kappa shape index (κ3) is 3.86. The second-order valence-corrected chi connectivity index (χ2v) is 6.84. The number of hydrogen-bond acceptors (Lipinski definition) is 4. The number of aromatic nitrogens is 2. The van der Waals surface area contributed by atoms with Gasteiger partial charge in [0.15, 0.2) is 0 Å². The Bertz CT molecular complexity index is 457. The standard InChI is InChI=1S/C15H27BrN4O/c1-10-14(16)13(20(2)19-10)9-12(18-17)15(21-3)11-7-5-4-6-8-11/h11-12,15,18H,4-9,17H2,1-3H3. The molecule has 3 N–H and O–H groups in total. The number of hydrazine groups is 1. The van der Waals surface area contributed by atoms with E-state index in [-0.39, 0.29) is 12.1 Å². The summed E-state index contributed by atoms with van der Waals surface area (Å²) in [6.45, 7) is 2.01. The van der Waals surface area contributed by atoms with E-state index in [1.54, 1.807) is 7.11 Å². The molecule has 5 nitrogen and oxygen atoms in total. The minimum Gasteiger partial charge on any atom is -0.379 e. The fourth-order valence-corrected chi connectivity index (χ4v) is 4.03. The van der Waals surface area contributed by atoms with E-state index in [4.69, 9.17) is 10.6 Å². The summed E-state index contributed by atoms with van der Waals surface area (Å²) in [5.41, 5.74) is 5.15. The number of rotatable bonds is 6. The number of nitrogens with one attached hydrogen (secondary N) is 1. The Balaban J connectivity index is 2.13. The summed E-state index contributed by atoms with van der Waals surface area (Å²) in [4.78, 5) is 0. The van der Waals surface area contributed by atoms with Crippen LogP contribution in [-0.2, 0) is 18.2 Å². The van der Waals surface area contributed by atoms with Crippen LogP contribution in [0.2, 0.25) is 0 Å². The molecule has 0 bridgehead atoms. The first kappa shape index (κ1) is 16.9. The molecule has 1 aromatic rings. The van der Waals surface area contributed by atoms with Crippen LogP contribution in [0.1, 0.15) is 43.5 Å². The number of nitrogens with two attached hydrogens (primary N) is 1. The topological polar surface area (TPSA) is 65.1 Å². The van der Waals surface area contributed by atoms with Crippen molar-refractivity contribution in [3.63, 3.8) is 0 Å². The predicted octanol–water partition coefficient (Wildman–Crippen LogP) is 2.46. The van der Waals surface area contributed by atoms with E-state index in [2.05, 4.69) is 26.5 Å². The van der Waals surface area contributed by atoms with E-state index < -0.39 is 0 Å². The normalized spacial score (nSPS) is 19.7. The van der Waals surface area contributed by atoms with E-state index in [9.17, 15) is 0 Å². The van der Waals surface area contributed by atoms with Crippen LogP contribution in [-0.4, -0.2) is 29.0 Å². The summed E-state index contributed by atoms with van der Waals surface area (Å²) in [6.07, 6.45) is 7.39. The van der Waals surface area contributed by atoms with Crippen molar-refractivity contribution < 1.29 is 4.74 Å². The van der Waals surface area contributed by atoms with Gasteiger partial charge in [-0.1, -0.05) is 19.3 Å². The fourth-order valence-electron chi connectivity index (χ4n) is 3.53. The predicted molar refractivity (Wildman–Crippen MR) is 87.8 cm³/mol. The lowest BCUT2D eigenvalue weighted by Gasteiger charge is -2.34. The SMILES string of the molecule is COC(C1CCCCC1)C(Cc1c(Br)c(C)nn1C)NN. The summed E-state index contributed by atoms with van der Waals surface area (Å²) in [6, 6.07) is 0.101. The first-order valence-corrected chi connectivity index (χ1v) is 8.54. The van der Waals surface area contributed by atoms with Crippen LogP contribution in [0.3, 0.4) is 0 Å². The molecule has 6 heteroatoms. The van der Waals surface area contributed by atoms with E-state index in [0.717, 1.165) is 22.3 Å². The molecular weight excluding hydrogens is 332 g/mol. The second-order valence-electron chi connectivity index (χ2n) is 6.05. The molecule has 2 unspecified atom stereocenters. The number of ether oxygens (including phenoxy) is 1. The van der Waals surface area contributed by atoms with Crippen LogP contribution in [0.25, 0.3) is 0 Å². The van der Waals surface area contributed by atoms with Crippen LogP contribution < -0.4 is 11.3 Å². The molecule has 1 heterocycles. The van der Waals surface area contributed by atoms with E-state index >= 15 is 0 Å². The lowest BCUT2D eigenvalue weighted by Crippen LogP contribution is -2.50. The van der Waals surface area contributed by atoms with Gasteiger partial charge < -0.3 is 4.74 Å². The maximum Gasteiger partial charge on any atom is 0.0769 e. The van der Waals surface area contributed by atoms with Crippen molar-refractivity contribution in [3.8, 4) is 0 Å². The highest BCUT2D eigenvalue weighted by Crippen LogP contribution is 2.31. The van der Waals surface area contributed by atoms with Crippen molar-refractivity contribution in [1.29, 1.82) is 0 Å². The van der Waals surface area contributed by atoms with E-state index in [0.29, 0.717) is 5.92 Å². The van der Waals surface area contributed by atoms with E-state index in [1.807, 2.05) is 18.7 Å². The second kappa shape index (κ2) is 7.72. The maximum atomic E-state index is 5.84. The zero-order chi connectivity index (χ0) is 15.4. The van der Waals surface area contributed by atoms with Gasteiger partial charge in [0.1, 0.15) is 0 Å². The number of hydrogen-bond donors (Lipinski definition) is 2. The van der Waals surface area contributed by atoms with Crippen LogP contribution in [0.4, 0.5) is 0 Å². The molecule has 0 aromatic carbocycles. The molecule has 1 aliphatic carbocycles. The Morgan fingerprint density at radius 3 is 2.57 bits per heavy atom. The smallest absolute Gasteiger partial charge is 0.0769 e. The largest absolute Gasteiger partial charge is 0.379 e. The molecule has 1 saturated carbocycles. The Kier molecular flexibility index (Phi) is 6.22. The van der Waals surface area contributed by atoms with Crippen molar-refractivity contribution in [2.45, 2.75) is 57.6 Å². The van der Waals surface area contributed by atoms with Crippen LogP contribution in [0, 0.1) is 12.8 Å². The average Bonchev–Trinajstić information content (AvgIpc) is 2.74. The lowest BCUT2D eigenvalue weighted by atomic mass is 9.81. The molecule has 0 radical (unpaired) electrons. The van der Waals surface area contributed by atoms with Crippen LogP contribution in [0.5, 0.6) is 0 Å². The van der Waals surface area contributed by atoms with Gasteiger partial charge in [-0.2, -0.15) is 5.10 Å². The van der Waals surface area contributed by atoms with Crippen molar-refractivity contribution in [2.75, 3.05) is 7.11 Å². The highest BCUT2D eigenvalue weighted by atomic mass is 79.9. The molecule has 21 heavy (non-hydrogen) atoms. The summed E-state index contributed by atoms with van der Waals surface area (Å²) in [7, 11) is 3.77. The molecule has 1 aliphatic rings. The van der Waals surface area contributed by atoms with Gasteiger partial charge in [-0.05, 0) is 41.6 Å². The van der Waals surface area contributed by atoms with Crippen molar-refractivity contribution in [1.82, 2.24) is 15.2 Å². The van der Waals surface area contributed by atoms with Gasteiger partial charge in [-0.15, -0.1) is 0 Å². The molecule has 2 rings (SSSR count). The highest BCUT2D eigenvalue weighted by molar-refractivity contribution is 9.10. The number of aryl methyl sites for hydroxylation is 2.